The Morgan fingerprint density at radius 3 is 2.69 bits per heavy atom. The molecule has 0 fully saturated rings. The third-order valence-electron chi connectivity index (χ3n) is 2.07. The highest BCUT2D eigenvalue weighted by molar-refractivity contribution is 5.67. The second-order valence-corrected chi connectivity index (χ2v) is 3.46. The van der Waals surface area contributed by atoms with Gasteiger partial charge in [0.15, 0.2) is 0 Å². The summed E-state index contributed by atoms with van der Waals surface area (Å²) in [5.74, 6) is -0.881. The molecular weight excluding hydrogens is 212 g/mol. The highest BCUT2D eigenvalue weighted by Crippen LogP contribution is 1.90. The fourth-order valence-electron chi connectivity index (χ4n) is 0.946. The van der Waals surface area contributed by atoms with Gasteiger partial charge >= 0.3 is 12.1 Å². The molecule has 0 atom stereocenters. The van der Waals surface area contributed by atoms with E-state index in [1.165, 1.54) is 0 Å². The fraction of sp³-hybridized carbons (Fsp3) is 0.800. The molecular formula is C10H20N2O4. The number of carboxylic acid groups (broad SMARTS) is 1. The standard InChI is InChI=1S/C10H20N2O4/c1-3-12(2)7-6-11-10(15)16-8-4-5-9(13)14/h3-8H2,1-2H3,(H,11,15)(H,13,14). The molecule has 94 valence electrons. The van der Waals surface area contributed by atoms with Crippen LogP contribution in [0.25, 0.3) is 0 Å². The van der Waals surface area contributed by atoms with Crippen molar-refractivity contribution in [3.05, 3.63) is 0 Å². The molecule has 0 aliphatic carbocycles. The fourth-order valence-corrected chi connectivity index (χ4v) is 0.946. The normalized spacial score (nSPS) is 10.2. The lowest BCUT2D eigenvalue weighted by Crippen LogP contribution is -2.33. The maximum Gasteiger partial charge on any atom is 0.407 e. The van der Waals surface area contributed by atoms with Crippen LogP contribution in [0.15, 0.2) is 0 Å². The van der Waals surface area contributed by atoms with Crippen molar-refractivity contribution < 1.29 is 19.4 Å². The topological polar surface area (TPSA) is 78.9 Å². The lowest BCUT2D eigenvalue weighted by molar-refractivity contribution is -0.137. The molecule has 0 aliphatic rings. The van der Waals surface area contributed by atoms with Crippen molar-refractivity contribution in [2.75, 3.05) is 33.3 Å². The van der Waals surface area contributed by atoms with E-state index < -0.39 is 12.1 Å². The third-order valence-corrected chi connectivity index (χ3v) is 2.07. The molecule has 16 heavy (non-hydrogen) atoms. The Bertz CT molecular complexity index is 221. The number of alkyl carbamates (subject to hydrolysis) is 1. The van der Waals surface area contributed by atoms with Crippen molar-refractivity contribution in [1.82, 2.24) is 10.2 Å². The number of ether oxygens (including phenoxy) is 1. The average Bonchev–Trinajstić information content (AvgIpc) is 2.24. The Morgan fingerprint density at radius 1 is 1.44 bits per heavy atom. The van der Waals surface area contributed by atoms with Gasteiger partial charge in [0.1, 0.15) is 0 Å². The van der Waals surface area contributed by atoms with E-state index in [9.17, 15) is 9.59 Å². The van der Waals surface area contributed by atoms with Gasteiger partial charge in [-0.25, -0.2) is 4.79 Å². The van der Waals surface area contributed by atoms with E-state index in [2.05, 4.69) is 10.2 Å². The summed E-state index contributed by atoms with van der Waals surface area (Å²) in [6.07, 6.45) is -0.126. The second kappa shape index (κ2) is 8.96. The van der Waals surface area contributed by atoms with Gasteiger partial charge < -0.3 is 20.1 Å². The van der Waals surface area contributed by atoms with E-state index in [0.29, 0.717) is 13.0 Å². The molecule has 0 radical (unpaired) electrons. The van der Waals surface area contributed by atoms with Crippen LogP contribution in [0, 0.1) is 0 Å². The van der Waals surface area contributed by atoms with Gasteiger partial charge in [-0.15, -0.1) is 0 Å². The van der Waals surface area contributed by atoms with Gasteiger partial charge in [-0.3, -0.25) is 4.79 Å². The third kappa shape index (κ3) is 9.26. The molecule has 0 aromatic carbocycles. The average molecular weight is 232 g/mol. The number of likely N-dealkylation sites (N-methyl/N-ethyl adjacent to an activating group) is 1. The molecule has 0 saturated carbocycles. The van der Waals surface area contributed by atoms with E-state index in [1.807, 2.05) is 14.0 Å². The lowest BCUT2D eigenvalue weighted by Gasteiger charge is -2.13. The SMILES string of the molecule is CCN(C)CCNC(=O)OCCCC(=O)O. The van der Waals surface area contributed by atoms with Crippen molar-refractivity contribution in [2.24, 2.45) is 0 Å². The number of amides is 1. The van der Waals surface area contributed by atoms with Crippen LogP contribution < -0.4 is 5.32 Å². The van der Waals surface area contributed by atoms with Crippen molar-refractivity contribution in [1.29, 1.82) is 0 Å². The number of carbonyl (C=O) groups is 2. The minimum absolute atomic E-state index is 0.0197. The number of hydrogen-bond acceptors (Lipinski definition) is 4. The molecule has 6 heteroatoms. The molecule has 0 bridgehead atoms. The first-order valence-corrected chi connectivity index (χ1v) is 5.37. The van der Waals surface area contributed by atoms with Crippen molar-refractivity contribution in [2.45, 2.75) is 19.8 Å². The highest BCUT2D eigenvalue weighted by Gasteiger charge is 2.03. The van der Waals surface area contributed by atoms with Crippen LogP contribution in [0.5, 0.6) is 0 Å². The van der Waals surface area contributed by atoms with E-state index in [-0.39, 0.29) is 13.0 Å². The van der Waals surface area contributed by atoms with Crippen LogP contribution in [0.2, 0.25) is 0 Å². The van der Waals surface area contributed by atoms with Crippen molar-refractivity contribution in [3.63, 3.8) is 0 Å². The zero-order chi connectivity index (χ0) is 12.4. The molecule has 0 saturated heterocycles. The van der Waals surface area contributed by atoms with Crippen LogP contribution in [-0.2, 0) is 9.53 Å². The van der Waals surface area contributed by atoms with Gasteiger partial charge in [0.05, 0.1) is 6.61 Å². The zero-order valence-electron chi connectivity index (χ0n) is 9.86. The Labute approximate surface area is 95.6 Å². The number of carboxylic acids is 1. The van der Waals surface area contributed by atoms with Crippen LogP contribution in [0.1, 0.15) is 19.8 Å². The Balaban J connectivity index is 3.34. The summed E-state index contributed by atoms with van der Waals surface area (Å²) < 4.78 is 4.78. The molecule has 2 N–H and O–H groups in total. The zero-order valence-corrected chi connectivity index (χ0v) is 9.86. The molecule has 6 nitrogen and oxygen atoms in total. The summed E-state index contributed by atoms with van der Waals surface area (Å²) in [5.41, 5.74) is 0. The highest BCUT2D eigenvalue weighted by atomic mass is 16.5. The minimum Gasteiger partial charge on any atom is -0.481 e. The predicted octanol–water partition coefficient (Wildman–Crippen LogP) is 0.529. The molecule has 0 aromatic heterocycles. The first-order chi connectivity index (χ1) is 7.56. The Morgan fingerprint density at radius 2 is 2.12 bits per heavy atom. The molecule has 0 rings (SSSR count). The van der Waals surface area contributed by atoms with E-state index in [1.54, 1.807) is 0 Å². The quantitative estimate of drug-likeness (QED) is 0.597. The van der Waals surface area contributed by atoms with Crippen LogP contribution in [-0.4, -0.2) is 55.4 Å². The molecule has 1 amide bonds. The van der Waals surface area contributed by atoms with E-state index in [0.717, 1.165) is 13.1 Å². The maximum absolute atomic E-state index is 11.1. The number of rotatable bonds is 8. The lowest BCUT2D eigenvalue weighted by atomic mass is 10.3. The van der Waals surface area contributed by atoms with Crippen LogP contribution >= 0.6 is 0 Å². The Hall–Kier alpha value is -1.30. The molecule has 0 unspecified atom stereocenters. The summed E-state index contributed by atoms with van der Waals surface area (Å²) in [7, 11) is 1.96. The van der Waals surface area contributed by atoms with Gasteiger partial charge in [0, 0.05) is 19.5 Å². The van der Waals surface area contributed by atoms with Crippen molar-refractivity contribution >= 4 is 12.1 Å². The number of carbonyl (C=O) groups excluding carboxylic acids is 1. The first kappa shape index (κ1) is 14.7. The maximum atomic E-state index is 11.1. The first-order valence-electron chi connectivity index (χ1n) is 5.37. The summed E-state index contributed by atoms with van der Waals surface area (Å²) in [5, 5.41) is 10.9. The number of nitrogens with zero attached hydrogens (tertiary/aromatic N) is 1. The van der Waals surface area contributed by atoms with E-state index >= 15 is 0 Å². The molecule has 0 aliphatic heterocycles. The number of hydrogen-bond donors (Lipinski definition) is 2. The van der Waals surface area contributed by atoms with Crippen molar-refractivity contribution in [3.8, 4) is 0 Å². The second-order valence-electron chi connectivity index (χ2n) is 3.46. The Kier molecular flexibility index (Phi) is 8.24. The minimum atomic E-state index is -0.881. The van der Waals surface area contributed by atoms with Gasteiger partial charge in [0.25, 0.3) is 0 Å². The summed E-state index contributed by atoms with van der Waals surface area (Å²) in [6, 6.07) is 0. The molecule has 0 aromatic rings. The van der Waals surface area contributed by atoms with Gasteiger partial charge in [0.2, 0.25) is 0 Å². The smallest absolute Gasteiger partial charge is 0.407 e. The van der Waals surface area contributed by atoms with Crippen LogP contribution in [0.4, 0.5) is 4.79 Å². The molecule has 0 spiro atoms. The number of aliphatic carboxylic acids is 1. The van der Waals surface area contributed by atoms with Gasteiger partial charge in [-0.2, -0.15) is 0 Å². The molecule has 0 heterocycles. The number of nitrogens with one attached hydrogen (secondary N) is 1. The van der Waals surface area contributed by atoms with Crippen LogP contribution in [0.3, 0.4) is 0 Å². The van der Waals surface area contributed by atoms with Gasteiger partial charge in [-0.1, -0.05) is 6.92 Å². The monoisotopic (exact) mass is 232 g/mol. The summed E-state index contributed by atoms with van der Waals surface area (Å²) in [6.45, 7) is 4.39. The van der Waals surface area contributed by atoms with Gasteiger partial charge in [-0.05, 0) is 20.0 Å². The largest absolute Gasteiger partial charge is 0.481 e. The predicted molar refractivity (Wildman–Crippen MR) is 59.4 cm³/mol. The summed E-state index contributed by atoms with van der Waals surface area (Å²) in [4.78, 5) is 23.3. The summed E-state index contributed by atoms with van der Waals surface area (Å²) >= 11 is 0. The van der Waals surface area contributed by atoms with E-state index in [4.69, 9.17) is 9.84 Å².